The second-order valence-corrected chi connectivity index (χ2v) is 4.98. The Bertz CT molecular complexity index is 229. The predicted octanol–water partition coefficient (Wildman–Crippen LogP) is 6.18. The van der Waals surface area contributed by atoms with Crippen molar-refractivity contribution in [3.8, 4) is 0 Å². The van der Waals surface area contributed by atoms with Gasteiger partial charge in [-0.15, -0.1) is 0 Å². The number of benzene rings is 1. The maximum Gasteiger partial charge on any atom is -0.0219 e. The van der Waals surface area contributed by atoms with Gasteiger partial charge in [0.25, 0.3) is 0 Å². The Morgan fingerprint density at radius 1 is 0.765 bits per heavy atom. The van der Waals surface area contributed by atoms with Crippen molar-refractivity contribution < 1.29 is 0 Å². The lowest BCUT2D eigenvalue weighted by atomic mass is 10.0. The summed E-state index contributed by atoms with van der Waals surface area (Å²) in [6, 6.07) is 10.5. The highest BCUT2D eigenvalue weighted by Crippen LogP contribution is 2.11. The van der Waals surface area contributed by atoms with E-state index in [1.165, 1.54) is 44.1 Å². The lowest BCUT2D eigenvalue weighted by Gasteiger charge is -2.01. The first-order valence-electron chi connectivity index (χ1n) is 7.27. The van der Waals surface area contributed by atoms with Crippen molar-refractivity contribution in [2.45, 2.75) is 72.1 Å². The summed E-state index contributed by atoms with van der Waals surface area (Å²) >= 11 is 0. The molecule has 0 bridgehead atoms. The van der Waals surface area contributed by atoms with Crippen molar-refractivity contribution in [1.82, 2.24) is 0 Å². The van der Waals surface area contributed by atoms with Crippen LogP contribution in [0, 0.1) is 0 Å². The van der Waals surface area contributed by atoms with Crippen molar-refractivity contribution in [2.24, 2.45) is 0 Å². The highest BCUT2D eigenvalue weighted by atomic mass is 14.0. The number of unbranched alkanes of at least 4 members (excludes halogenated alkanes) is 5. The van der Waals surface area contributed by atoms with Crippen LogP contribution < -0.4 is 0 Å². The standard InChI is InChI=1S/C9H12.C8H18/c1-8(2)9-6-4-3-5-7-9;1-3-5-7-8-6-4-2/h3-8H,1-2H3;3-8H2,1-2H3. The molecule has 0 aliphatic rings. The molecular formula is C17H30. The van der Waals surface area contributed by atoms with E-state index in [0.717, 1.165) is 0 Å². The molecule has 0 radical (unpaired) electrons. The molecular weight excluding hydrogens is 204 g/mol. The van der Waals surface area contributed by atoms with Crippen LogP contribution in [0.2, 0.25) is 0 Å². The first-order chi connectivity index (χ1) is 8.22. The van der Waals surface area contributed by atoms with Gasteiger partial charge in [0.15, 0.2) is 0 Å². The fourth-order valence-corrected chi connectivity index (χ4v) is 1.69. The molecule has 0 aromatic heterocycles. The fourth-order valence-electron chi connectivity index (χ4n) is 1.69. The fraction of sp³-hybridized carbons (Fsp3) is 0.647. The molecule has 1 aromatic rings. The van der Waals surface area contributed by atoms with Crippen molar-refractivity contribution in [2.75, 3.05) is 0 Å². The monoisotopic (exact) mass is 234 g/mol. The Balaban J connectivity index is 0.000000304. The first kappa shape index (κ1) is 16.2. The van der Waals surface area contributed by atoms with Gasteiger partial charge in [-0.3, -0.25) is 0 Å². The van der Waals surface area contributed by atoms with Crippen LogP contribution in [0.5, 0.6) is 0 Å². The van der Waals surface area contributed by atoms with Gasteiger partial charge >= 0.3 is 0 Å². The molecule has 0 spiro atoms. The Hall–Kier alpha value is -0.780. The third-order valence-electron chi connectivity index (χ3n) is 2.92. The summed E-state index contributed by atoms with van der Waals surface area (Å²) in [5.41, 5.74) is 1.41. The number of rotatable bonds is 6. The topological polar surface area (TPSA) is 0 Å². The summed E-state index contributed by atoms with van der Waals surface area (Å²) in [7, 11) is 0. The molecule has 0 atom stereocenters. The van der Waals surface area contributed by atoms with Crippen molar-refractivity contribution in [3.63, 3.8) is 0 Å². The molecule has 1 rings (SSSR count). The lowest BCUT2D eigenvalue weighted by Crippen LogP contribution is -1.83. The molecule has 0 aliphatic heterocycles. The van der Waals surface area contributed by atoms with Gasteiger partial charge < -0.3 is 0 Å². The maximum absolute atomic E-state index is 2.26. The highest BCUT2D eigenvalue weighted by molar-refractivity contribution is 5.17. The number of hydrogen-bond acceptors (Lipinski definition) is 0. The zero-order valence-electron chi connectivity index (χ0n) is 12.2. The quantitative estimate of drug-likeness (QED) is 0.516. The van der Waals surface area contributed by atoms with E-state index < -0.39 is 0 Å². The van der Waals surface area contributed by atoms with E-state index in [-0.39, 0.29) is 0 Å². The smallest absolute Gasteiger partial charge is 0.0219 e. The minimum atomic E-state index is 0.659. The average molecular weight is 234 g/mol. The van der Waals surface area contributed by atoms with Crippen LogP contribution in [-0.4, -0.2) is 0 Å². The van der Waals surface area contributed by atoms with Crippen molar-refractivity contribution in [3.05, 3.63) is 35.9 Å². The van der Waals surface area contributed by atoms with Crippen LogP contribution >= 0.6 is 0 Å². The van der Waals surface area contributed by atoms with E-state index in [1.54, 1.807) is 0 Å². The second kappa shape index (κ2) is 11.7. The highest BCUT2D eigenvalue weighted by Gasteiger charge is 1.93. The van der Waals surface area contributed by atoms with Crippen LogP contribution in [0.15, 0.2) is 30.3 Å². The SMILES string of the molecule is CC(C)c1ccccc1.CCCCCCCC. The van der Waals surface area contributed by atoms with E-state index in [0.29, 0.717) is 5.92 Å². The molecule has 98 valence electrons. The van der Waals surface area contributed by atoms with Crippen LogP contribution in [0.4, 0.5) is 0 Å². The Labute approximate surface area is 108 Å². The zero-order valence-corrected chi connectivity index (χ0v) is 12.2. The van der Waals surface area contributed by atoms with Gasteiger partial charge in [-0.2, -0.15) is 0 Å². The summed E-state index contributed by atoms with van der Waals surface area (Å²) in [5, 5.41) is 0. The van der Waals surface area contributed by atoms with E-state index >= 15 is 0 Å². The van der Waals surface area contributed by atoms with Gasteiger partial charge in [0, 0.05) is 0 Å². The molecule has 0 aliphatic carbocycles. The molecule has 0 saturated heterocycles. The molecule has 0 fully saturated rings. The summed E-state index contributed by atoms with van der Waals surface area (Å²) in [6.45, 7) is 8.92. The van der Waals surface area contributed by atoms with Crippen LogP contribution in [-0.2, 0) is 0 Å². The van der Waals surface area contributed by atoms with Gasteiger partial charge in [-0.05, 0) is 11.5 Å². The molecule has 0 unspecified atom stereocenters. The van der Waals surface area contributed by atoms with E-state index in [4.69, 9.17) is 0 Å². The average Bonchev–Trinajstić information content (AvgIpc) is 2.37. The number of hydrogen-bond donors (Lipinski definition) is 0. The van der Waals surface area contributed by atoms with Crippen LogP contribution in [0.3, 0.4) is 0 Å². The normalized spacial score (nSPS) is 9.94. The summed E-state index contributed by atoms with van der Waals surface area (Å²) in [5.74, 6) is 0.659. The van der Waals surface area contributed by atoms with Crippen molar-refractivity contribution >= 4 is 0 Å². The van der Waals surface area contributed by atoms with Crippen LogP contribution in [0.1, 0.15) is 77.7 Å². The first-order valence-corrected chi connectivity index (χ1v) is 7.27. The Morgan fingerprint density at radius 2 is 1.24 bits per heavy atom. The van der Waals surface area contributed by atoms with Gasteiger partial charge in [0.2, 0.25) is 0 Å². The van der Waals surface area contributed by atoms with E-state index in [2.05, 4.69) is 52.0 Å². The molecule has 17 heavy (non-hydrogen) atoms. The largest absolute Gasteiger partial charge is 0.0654 e. The van der Waals surface area contributed by atoms with Gasteiger partial charge in [-0.25, -0.2) is 0 Å². The van der Waals surface area contributed by atoms with Gasteiger partial charge in [-0.1, -0.05) is 96.6 Å². The third kappa shape index (κ3) is 10.1. The Morgan fingerprint density at radius 3 is 1.53 bits per heavy atom. The van der Waals surface area contributed by atoms with Crippen LogP contribution in [0.25, 0.3) is 0 Å². The minimum absolute atomic E-state index is 0.659. The molecule has 0 saturated carbocycles. The summed E-state index contributed by atoms with van der Waals surface area (Å²) < 4.78 is 0. The summed E-state index contributed by atoms with van der Waals surface area (Å²) in [4.78, 5) is 0. The molecule has 0 heterocycles. The van der Waals surface area contributed by atoms with Crippen molar-refractivity contribution in [1.29, 1.82) is 0 Å². The van der Waals surface area contributed by atoms with E-state index in [1.807, 2.05) is 6.07 Å². The molecule has 0 N–H and O–H groups in total. The zero-order chi connectivity index (χ0) is 12.9. The molecule has 0 nitrogen and oxygen atoms in total. The molecule has 0 amide bonds. The Kier molecular flexibility index (Phi) is 11.2. The minimum Gasteiger partial charge on any atom is -0.0654 e. The van der Waals surface area contributed by atoms with E-state index in [9.17, 15) is 0 Å². The maximum atomic E-state index is 2.26. The lowest BCUT2D eigenvalue weighted by molar-refractivity contribution is 0.624. The molecule has 0 heteroatoms. The van der Waals surface area contributed by atoms with Gasteiger partial charge in [0.05, 0.1) is 0 Å². The summed E-state index contributed by atoms with van der Waals surface area (Å²) in [6.07, 6.45) is 8.49. The second-order valence-electron chi connectivity index (χ2n) is 4.98. The third-order valence-corrected chi connectivity index (χ3v) is 2.92. The van der Waals surface area contributed by atoms with Gasteiger partial charge in [0.1, 0.15) is 0 Å². The predicted molar refractivity (Wildman–Crippen MR) is 79.6 cm³/mol. The molecule has 1 aromatic carbocycles.